The molecule has 0 bridgehead atoms. The first-order valence-electron chi connectivity index (χ1n) is 6.44. The monoisotopic (exact) mass is 222 g/mol. The van der Waals surface area contributed by atoms with Crippen molar-refractivity contribution in [1.29, 1.82) is 0 Å². The molecule has 1 N–H and O–H groups in total. The molecule has 3 atom stereocenters. The van der Waals surface area contributed by atoms with E-state index >= 15 is 0 Å². The molecule has 2 aliphatic carbocycles. The van der Waals surface area contributed by atoms with Crippen molar-refractivity contribution < 1.29 is 9.90 Å². The SMILES string of the molecule is C[C@H](CCO)[C@H]1CC=C2C(=O)CCC[C@@]21C. The fourth-order valence-corrected chi connectivity index (χ4v) is 3.71. The molecule has 2 rings (SSSR count). The number of aliphatic hydroxyl groups excluding tert-OH is 1. The van der Waals surface area contributed by atoms with Crippen molar-refractivity contribution in [2.75, 3.05) is 6.61 Å². The first kappa shape index (κ1) is 11.8. The predicted octanol–water partition coefficient (Wildman–Crippen LogP) is 2.71. The molecule has 0 spiro atoms. The van der Waals surface area contributed by atoms with Gasteiger partial charge in [-0.25, -0.2) is 0 Å². The Labute approximate surface area is 97.7 Å². The number of fused-ring (bicyclic) bond motifs is 1. The molecular formula is C14H22O2. The summed E-state index contributed by atoms with van der Waals surface area (Å²) in [4.78, 5) is 11.9. The average Bonchev–Trinajstić information content (AvgIpc) is 2.57. The molecule has 1 saturated carbocycles. The van der Waals surface area contributed by atoms with Crippen molar-refractivity contribution in [1.82, 2.24) is 0 Å². The molecule has 0 saturated heterocycles. The summed E-state index contributed by atoms with van der Waals surface area (Å²) in [5.74, 6) is 1.43. The van der Waals surface area contributed by atoms with Crippen LogP contribution in [0.5, 0.6) is 0 Å². The number of aliphatic hydroxyl groups is 1. The lowest BCUT2D eigenvalue weighted by atomic mass is 9.63. The highest BCUT2D eigenvalue weighted by Crippen LogP contribution is 2.53. The summed E-state index contributed by atoms with van der Waals surface area (Å²) in [5.41, 5.74) is 1.19. The van der Waals surface area contributed by atoms with Gasteiger partial charge in [0.2, 0.25) is 0 Å². The summed E-state index contributed by atoms with van der Waals surface area (Å²) in [7, 11) is 0. The zero-order valence-electron chi connectivity index (χ0n) is 10.3. The molecule has 0 aliphatic heterocycles. The van der Waals surface area contributed by atoms with Crippen LogP contribution in [0.2, 0.25) is 0 Å². The topological polar surface area (TPSA) is 37.3 Å². The zero-order valence-corrected chi connectivity index (χ0v) is 10.3. The van der Waals surface area contributed by atoms with Gasteiger partial charge in [0.05, 0.1) is 0 Å². The van der Waals surface area contributed by atoms with Gasteiger partial charge in [-0.05, 0) is 48.5 Å². The van der Waals surface area contributed by atoms with Gasteiger partial charge in [-0.1, -0.05) is 19.9 Å². The largest absolute Gasteiger partial charge is 0.396 e. The Balaban J connectivity index is 2.18. The minimum absolute atomic E-state index is 0.101. The first-order valence-corrected chi connectivity index (χ1v) is 6.44. The molecule has 1 fully saturated rings. The predicted molar refractivity (Wildman–Crippen MR) is 64.0 cm³/mol. The molecule has 0 heterocycles. The van der Waals surface area contributed by atoms with E-state index in [0.29, 0.717) is 17.6 Å². The Kier molecular flexibility index (Phi) is 3.20. The maximum absolute atomic E-state index is 11.9. The second-order valence-electron chi connectivity index (χ2n) is 5.64. The summed E-state index contributed by atoms with van der Waals surface area (Å²) >= 11 is 0. The Hall–Kier alpha value is -0.630. The number of allylic oxidation sites excluding steroid dienone is 2. The van der Waals surface area contributed by atoms with Crippen LogP contribution in [0.4, 0.5) is 0 Å². The Morgan fingerprint density at radius 3 is 3.06 bits per heavy atom. The fourth-order valence-electron chi connectivity index (χ4n) is 3.71. The normalized spacial score (nSPS) is 35.8. The molecule has 2 heteroatoms. The summed E-state index contributed by atoms with van der Waals surface area (Å²) in [6.45, 7) is 4.72. The van der Waals surface area contributed by atoms with E-state index in [9.17, 15) is 4.79 Å². The van der Waals surface area contributed by atoms with Crippen LogP contribution < -0.4 is 0 Å². The van der Waals surface area contributed by atoms with Crippen LogP contribution >= 0.6 is 0 Å². The van der Waals surface area contributed by atoms with Gasteiger partial charge in [-0.15, -0.1) is 0 Å². The smallest absolute Gasteiger partial charge is 0.159 e. The summed E-state index contributed by atoms with van der Waals surface area (Å²) in [6.07, 6.45) is 6.97. The Morgan fingerprint density at radius 2 is 2.38 bits per heavy atom. The maximum Gasteiger partial charge on any atom is 0.159 e. The number of carbonyl (C=O) groups is 1. The molecule has 0 aromatic rings. The Morgan fingerprint density at radius 1 is 1.62 bits per heavy atom. The molecule has 0 radical (unpaired) electrons. The first-order chi connectivity index (χ1) is 7.59. The third-order valence-electron chi connectivity index (χ3n) is 4.68. The number of rotatable bonds is 3. The third kappa shape index (κ3) is 1.73. The quantitative estimate of drug-likeness (QED) is 0.797. The maximum atomic E-state index is 11.9. The molecular weight excluding hydrogens is 200 g/mol. The highest BCUT2D eigenvalue weighted by atomic mass is 16.3. The summed E-state index contributed by atoms with van der Waals surface area (Å²) < 4.78 is 0. The summed E-state index contributed by atoms with van der Waals surface area (Å²) in [6, 6.07) is 0. The van der Waals surface area contributed by atoms with E-state index in [0.717, 1.165) is 37.7 Å². The number of hydrogen-bond acceptors (Lipinski definition) is 2. The summed E-state index contributed by atoms with van der Waals surface area (Å²) in [5, 5.41) is 9.05. The molecule has 0 aromatic heterocycles. The molecule has 16 heavy (non-hydrogen) atoms. The molecule has 0 aromatic carbocycles. The van der Waals surface area contributed by atoms with Crippen molar-refractivity contribution >= 4 is 5.78 Å². The van der Waals surface area contributed by atoms with Crippen LogP contribution in [0.15, 0.2) is 11.6 Å². The van der Waals surface area contributed by atoms with Crippen LogP contribution in [-0.4, -0.2) is 17.5 Å². The lowest BCUT2D eigenvalue weighted by molar-refractivity contribution is -0.118. The van der Waals surface area contributed by atoms with Crippen molar-refractivity contribution in [2.24, 2.45) is 17.3 Å². The van der Waals surface area contributed by atoms with Crippen molar-refractivity contribution in [3.63, 3.8) is 0 Å². The Bertz CT molecular complexity index is 319. The number of Topliss-reactive ketones (excluding diaryl/α,β-unsaturated/α-hetero) is 1. The van der Waals surface area contributed by atoms with E-state index in [-0.39, 0.29) is 12.0 Å². The van der Waals surface area contributed by atoms with Crippen LogP contribution in [-0.2, 0) is 4.79 Å². The molecule has 0 unspecified atom stereocenters. The number of hydrogen-bond donors (Lipinski definition) is 1. The van der Waals surface area contributed by atoms with Gasteiger partial charge in [0.25, 0.3) is 0 Å². The van der Waals surface area contributed by atoms with Gasteiger partial charge in [-0.3, -0.25) is 4.79 Å². The van der Waals surface area contributed by atoms with Crippen LogP contribution in [0.25, 0.3) is 0 Å². The molecule has 2 aliphatic rings. The standard InChI is InChI=1S/C14H22O2/c1-10(7-9-15)11-5-6-12-13(16)4-3-8-14(11,12)2/h6,10-11,15H,3-5,7-9H2,1-2H3/t10-,11-,14-/m1/s1. The third-order valence-corrected chi connectivity index (χ3v) is 4.68. The molecule has 0 amide bonds. The van der Waals surface area contributed by atoms with Crippen LogP contribution in [0.3, 0.4) is 0 Å². The van der Waals surface area contributed by atoms with E-state index in [1.807, 2.05) is 0 Å². The van der Waals surface area contributed by atoms with E-state index in [1.165, 1.54) is 0 Å². The highest BCUT2D eigenvalue weighted by Gasteiger charge is 2.47. The van der Waals surface area contributed by atoms with Gasteiger partial charge in [-0.2, -0.15) is 0 Å². The lowest BCUT2D eigenvalue weighted by Crippen LogP contribution is -2.35. The fraction of sp³-hybridized carbons (Fsp3) is 0.786. The minimum atomic E-state index is 0.101. The average molecular weight is 222 g/mol. The van der Waals surface area contributed by atoms with Gasteiger partial charge in [0.15, 0.2) is 5.78 Å². The van der Waals surface area contributed by atoms with E-state index < -0.39 is 0 Å². The van der Waals surface area contributed by atoms with Crippen molar-refractivity contribution in [3.8, 4) is 0 Å². The van der Waals surface area contributed by atoms with Crippen molar-refractivity contribution in [2.45, 2.75) is 46.0 Å². The van der Waals surface area contributed by atoms with Crippen LogP contribution in [0.1, 0.15) is 46.0 Å². The van der Waals surface area contributed by atoms with E-state index in [4.69, 9.17) is 5.11 Å². The highest BCUT2D eigenvalue weighted by molar-refractivity contribution is 5.98. The van der Waals surface area contributed by atoms with Crippen LogP contribution in [0, 0.1) is 17.3 Å². The number of carbonyl (C=O) groups excluding carboxylic acids is 1. The van der Waals surface area contributed by atoms with E-state index in [2.05, 4.69) is 19.9 Å². The lowest BCUT2D eigenvalue weighted by Gasteiger charge is -2.40. The zero-order chi connectivity index (χ0) is 11.8. The number of ketones is 1. The second kappa shape index (κ2) is 4.33. The van der Waals surface area contributed by atoms with Gasteiger partial charge >= 0.3 is 0 Å². The minimum Gasteiger partial charge on any atom is -0.396 e. The van der Waals surface area contributed by atoms with E-state index in [1.54, 1.807) is 0 Å². The van der Waals surface area contributed by atoms with Gasteiger partial charge in [0.1, 0.15) is 0 Å². The van der Waals surface area contributed by atoms with Crippen molar-refractivity contribution in [3.05, 3.63) is 11.6 Å². The molecule has 2 nitrogen and oxygen atoms in total. The van der Waals surface area contributed by atoms with Gasteiger partial charge < -0.3 is 5.11 Å². The van der Waals surface area contributed by atoms with Gasteiger partial charge in [0, 0.05) is 13.0 Å². The molecule has 90 valence electrons. The second-order valence-corrected chi connectivity index (χ2v) is 5.64.